The quantitative estimate of drug-likeness (QED) is 0.0484. The molecule has 2 amide bonds. The van der Waals surface area contributed by atoms with E-state index >= 15 is 0 Å². The van der Waals surface area contributed by atoms with E-state index in [-0.39, 0.29) is 17.3 Å². The van der Waals surface area contributed by atoms with Crippen LogP contribution >= 0.6 is 11.6 Å². The summed E-state index contributed by atoms with van der Waals surface area (Å²) < 4.78 is 13.4. The predicted octanol–water partition coefficient (Wildman–Crippen LogP) is 2.07. The number of halogens is 1. The fourth-order valence-corrected chi connectivity index (χ4v) is 4.61. The van der Waals surface area contributed by atoms with E-state index in [0.29, 0.717) is 6.42 Å². The van der Waals surface area contributed by atoms with E-state index in [1.807, 2.05) is 0 Å². The number of amides is 2. The van der Waals surface area contributed by atoms with E-state index < -0.39 is 60.7 Å². The van der Waals surface area contributed by atoms with Crippen LogP contribution < -0.4 is 5.32 Å². The number of alkyl halides is 1. The predicted molar refractivity (Wildman–Crippen MR) is 136 cm³/mol. The summed E-state index contributed by atoms with van der Waals surface area (Å²) in [6.07, 6.45) is 4.36. The summed E-state index contributed by atoms with van der Waals surface area (Å²) in [4.78, 5) is 36.9. The molecule has 2 unspecified atom stereocenters. The average molecular weight is 555 g/mol. The van der Waals surface area contributed by atoms with Crippen LogP contribution in [0.25, 0.3) is 0 Å². The molecule has 0 aromatic rings. The Hall–Kier alpha value is -1.41. The van der Waals surface area contributed by atoms with Crippen LogP contribution in [-0.2, 0) is 9.53 Å². The van der Waals surface area contributed by atoms with Gasteiger partial charge in [-0.3, -0.25) is 4.79 Å². The maximum Gasteiger partial charge on any atom is 0.342 e. The first-order chi connectivity index (χ1) is 17.9. The molecule has 0 aromatic heterocycles. The molecule has 1 rings (SSSR count). The number of nitroso groups, excluding NO2 is 1. The maximum atomic E-state index is 13.4. The van der Waals surface area contributed by atoms with E-state index in [1.54, 1.807) is 5.32 Å². The molecule has 6 atom stereocenters. The van der Waals surface area contributed by atoms with Crippen LogP contribution in [0.15, 0.2) is 5.29 Å². The molecular formula is C24H44ClN3O9. The molecule has 12 nitrogen and oxygen atoms in total. The Labute approximate surface area is 224 Å². The summed E-state index contributed by atoms with van der Waals surface area (Å²) >= 11 is 5.52. The van der Waals surface area contributed by atoms with Crippen LogP contribution in [0.5, 0.6) is 0 Å². The molecule has 1 saturated heterocycles. The van der Waals surface area contributed by atoms with Crippen molar-refractivity contribution in [1.29, 1.82) is 0 Å². The summed E-state index contributed by atoms with van der Waals surface area (Å²) in [6, 6.07) is -1.47. The van der Waals surface area contributed by atoms with Crippen molar-refractivity contribution in [3.8, 4) is 0 Å². The summed E-state index contributed by atoms with van der Waals surface area (Å²) in [5, 5.41) is 58.4. The second-order valence-corrected chi connectivity index (χ2v) is 9.98. The number of ketones is 1. The molecule has 1 aliphatic rings. The van der Waals surface area contributed by atoms with Crippen molar-refractivity contribution in [2.45, 2.75) is 120 Å². The number of unbranched alkanes of at least 4 members (excludes halogenated alkanes) is 9. The SMILES string of the molecule is [2H]C(CCCCCCCCCCCC)C(=O)[C@]1(O)[C@H](O)[C@@H](CO)OC(C)(O)[C@@]1(O)NC(=O)N(CCCl)N=O. The lowest BCUT2D eigenvalue weighted by molar-refractivity contribution is -0.405. The van der Waals surface area contributed by atoms with Crippen LogP contribution in [0.2, 0.25) is 0 Å². The number of carbonyl (C=O) groups is 2. The Balaban J connectivity index is 2.98. The molecule has 1 fully saturated rings. The minimum atomic E-state index is -3.45. The minimum absolute atomic E-state index is 0.0323. The first-order valence-corrected chi connectivity index (χ1v) is 13.5. The van der Waals surface area contributed by atoms with Gasteiger partial charge in [0.25, 0.3) is 0 Å². The number of carbonyl (C=O) groups excluding carboxylic acids is 2. The number of hydrogen-bond donors (Lipinski definition) is 6. The normalized spacial score (nSPS) is 30.9. The van der Waals surface area contributed by atoms with Gasteiger partial charge in [0.2, 0.25) is 17.1 Å². The van der Waals surface area contributed by atoms with Crippen molar-refractivity contribution in [3.63, 3.8) is 0 Å². The lowest BCUT2D eigenvalue weighted by Crippen LogP contribution is -2.86. The van der Waals surface area contributed by atoms with Gasteiger partial charge in [-0.15, -0.1) is 16.5 Å². The maximum absolute atomic E-state index is 13.4. The van der Waals surface area contributed by atoms with Crippen LogP contribution in [0.4, 0.5) is 4.79 Å². The summed E-state index contributed by atoms with van der Waals surface area (Å²) in [5.41, 5.74) is -6.86. The Morgan fingerprint density at radius 2 is 1.57 bits per heavy atom. The van der Waals surface area contributed by atoms with Crippen molar-refractivity contribution in [2.24, 2.45) is 5.29 Å². The molecule has 13 heteroatoms. The van der Waals surface area contributed by atoms with Gasteiger partial charge >= 0.3 is 6.03 Å². The first-order valence-electron chi connectivity index (χ1n) is 13.5. The summed E-state index contributed by atoms with van der Waals surface area (Å²) in [7, 11) is 0. The molecule has 216 valence electrons. The molecule has 1 aliphatic heterocycles. The van der Waals surface area contributed by atoms with Gasteiger partial charge in [-0.25, -0.2) is 4.79 Å². The van der Waals surface area contributed by atoms with Gasteiger partial charge in [0.15, 0.2) is 5.78 Å². The highest BCUT2D eigenvalue weighted by Gasteiger charge is 2.73. The van der Waals surface area contributed by atoms with Gasteiger partial charge in [0.05, 0.1) is 18.4 Å². The van der Waals surface area contributed by atoms with Gasteiger partial charge in [0, 0.05) is 13.6 Å². The van der Waals surface area contributed by atoms with Gasteiger partial charge in [-0.1, -0.05) is 71.1 Å². The average Bonchev–Trinajstić information content (AvgIpc) is 2.88. The molecular weight excluding hydrogens is 510 g/mol. The van der Waals surface area contributed by atoms with Crippen molar-refractivity contribution < 1.29 is 41.2 Å². The highest BCUT2D eigenvalue weighted by molar-refractivity contribution is 6.18. The second-order valence-electron chi connectivity index (χ2n) is 9.61. The molecule has 0 aliphatic carbocycles. The van der Waals surface area contributed by atoms with Crippen LogP contribution in [0, 0.1) is 4.91 Å². The summed E-state index contributed by atoms with van der Waals surface area (Å²) in [6.45, 7) is 1.54. The molecule has 0 spiro atoms. The highest BCUT2D eigenvalue weighted by atomic mass is 35.5. The summed E-state index contributed by atoms with van der Waals surface area (Å²) in [5.74, 6) is -4.61. The number of aliphatic hydroxyl groups excluding tert-OH is 2. The lowest BCUT2D eigenvalue weighted by atomic mass is 9.71. The van der Waals surface area contributed by atoms with Crippen LogP contribution in [0.3, 0.4) is 0 Å². The third-order valence-electron chi connectivity index (χ3n) is 6.74. The second kappa shape index (κ2) is 15.9. The number of ether oxygens (including phenoxy) is 1. The number of nitrogens with zero attached hydrogens (tertiary/aromatic N) is 2. The molecule has 0 radical (unpaired) electrons. The Kier molecular flexibility index (Phi) is 13.6. The number of aliphatic hydroxyl groups is 5. The van der Waals surface area contributed by atoms with E-state index in [4.69, 9.17) is 17.7 Å². The molecule has 0 aromatic carbocycles. The highest BCUT2D eigenvalue weighted by Crippen LogP contribution is 2.43. The lowest BCUT2D eigenvalue weighted by Gasteiger charge is -2.56. The number of rotatable bonds is 18. The zero-order valence-corrected chi connectivity index (χ0v) is 22.5. The number of urea groups is 1. The Morgan fingerprint density at radius 1 is 1.05 bits per heavy atom. The Morgan fingerprint density at radius 3 is 2.03 bits per heavy atom. The fourth-order valence-electron chi connectivity index (χ4n) is 4.45. The van der Waals surface area contributed by atoms with Crippen molar-refractivity contribution in [3.05, 3.63) is 4.91 Å². The number of hydrogen-bond acceptors (Lipinski definition) is 10. The van der Waals surface area contributed by atoms with E-state index in [0.717, 1.165) is 39.0 Å². The molecule has 6 N–H and O–H groups in total. The number of Topliss-reactive ketones (excluding diaryl/α,β-unsaturated/α-hetero) is 1. The van der Waals surface area contributed by atoms with Crippen LogP contribution in [0.1, 0.15) is 92.2 Å². The van der Waals surface area contributed by atoms with Gasteiger partial charge in [-0.05, 0) is 13.3 Å². The van der Waals surface area contributed by atoms with Crippen LogP contribution in [-0.4, -0.2) is 90.7 Å². The third kappa shape index (κ3) is 8.29. The first kappa shape index (κ1) is 31.8. The molecule has 37 heavy (non-hydrogen) atoms. The van der Waals surface area contributed by atoms with Gasteiger partial charge < -0.3 is 35.6 Å². The van der Waals surface area contributed by atoms with E-state index in [9.17, 15) is 40.0 Å². The van der Waals surface area contributed by atoms with E-state index in [1.165, 1.54) is 25.7 Å². The van der Waals surface area contributed by atoms with Crippen molar-refractivity contribution in [2.75, 3.05) is 19.0 Å². The zero-order chi connectivity index (χ0) is 29.0. The molecule has 0 bridgehead atoms. The molecule has 0 saturated carbocycles. The van der Waals surface area contributed by atoms with E-state index in [2.05, 4.69) is 12.2 Å². The zero-order valence-electron chi connectivity index (χ0n) is 22.8. The smallest absolute Gasteiger partial charge is 0.342 e. The fraction of sp³-hybridized carbons (Fsp3) is 0.917. The third-order valence-corrected chi connectivity index (χ3v) is 6.91. The van der Waals surface area contributed by atoms with Gasteiger partial charge in [0.1, 0.15) is 12.2 Å². The van der Waals surface area contributed by atoms with Crippen molar-refractivity contribution in [1.82, 2.24) is 10.3 Å². The number of nitrogens with one attached hydrogen (secondary N) is 1. The topological polar surface area (TPSA) is 189 Å². The molecule has 1 heterocycles. The standard InChI is InChI=1S/C24H44ClN3O9/c1-3-4-5-6-7-8-9-10-11-12-13-14-19(30)23(34)20(31)18(17-29)37-22(2,33)24(23,35)26-21(32)28(27-36)16-15-25/h18,20,29,31,33-35H,3-17H2,1-2H3,(H,26,32)/t18-,20-,22?,23+,24+/m1/s1/i14D/t14?,18-,20-,22?,23+,24+. The monoisotopic (exact) mass is 554 g/mol. The van der Waals surface area contributed by atoms with Gasteiger partial charge in [-0.2, -0.15) is 5.01 Å². The largest absolute Gasteiger partial charge is 0.394 e. The van der Waals surface area contributed by atoms with Crippen molar-refractivity contribution >= 4 is 23.4 Å². The minimum Gasteiger partial charge on any atom is -0.394 e. The Bertz CT molecular complexity index is 766.